The minimum atomic E-state index is -1.28. The molecule has 2 aromatic rings. The van der Waals surface area contributed by atoms with E-state index in [0.717, 1.165) is 5.56 Å². The zero-order valence-electron chi connectivity index (χ0n) is 19.2. The molecule has 184 valence electrons. The van der Waals surface area contributed by atoms with Crippen molar-refractivity contribution in [3.8, 4) is 0 Å². The maximum Gasteiger partial charge on any atom is 0.408 e. The summed E-state index contributed by atoms with van der Waals surface area (Å²) in [5.74, 6) is -0.149. The molecule has 1 aromatic carbocycles. The van der Waals surface area contributed by atoms with E-state index in [-0.39, 0.29) is 27.2 Å². The van der Waals surface area contributed by atoms with Crippen LogP contribution in [-0.2, 0) is 27.4 Å². The average Bonchev–Trinajstić information content (AvgIpc) is 3.14. The smallest absolute Gasteiger partial charge is 0.408 e. The highest BCUT2D eigenvalue weighted by atomic mass is 16.6. The summed E-state index contributed by atoms with van der Waals surface area (Å²) in [6.45, 7) is 8.73. The Labute approximate surface area is 194 Å². The second kappa shape index (κ2) is 12.3. The number of benzene rings is 1. The van der Waals surface area contributed by atoms with Crippen molar-refractivity contribution in [1.82, 2.24) is 30.8 Å². The van der Waals surface area contributed by atoms with Crippen molar-refractivity contribution >= 4 is 12.0 Å². The molecule has 2 amide bonds. The number of nitrogens with zero attached hydrogens (tertiary/aromatic N) is 4. The zero-order valence-corrected chi connectivity index (χ0v) is 19.2. The number of alkyl carbamates (subject to hydrolysis) is 1. The molecule has 0 aliphatic carbocycles. The summed E-state index contributed by atoms with van der Waals surface area (Å²) in [4.78, 5) is 25.2. The summed E-state index contributed by atoms with van der Waals surface area (Å²) >= 11 is 0. The molecular weight excluding hydrogens is 428 g/mol. The summed E-state index contributed by atoms with van der Waals surface area (Å²) in [6, 6.07) is 8.87. The van der Waals surface area contributed by atoms with Crippen molar-refractivity contribution in [2.24, 2.45) is 0 Å². The molecule has 0 radical (unpaired) electrons. The largest absolute Gasteiger partial charge is 0.444 e. The molecule has 2 rings (SSSR count). The predicted octanol–water partition coefficient (Wildman–Crippen LogP) is 1.98. The third kappa shape index (κ3) is 9.15. The SMILES string of the molecule is C.CC(C)(C)OC(=O)NC(C)(C)C(=O)N[C@H](COCc1ccccc1)c1nnnn1CCO. The Bertz CT molecular complexity index is 879. The summed E-state index contributed by atoms with van der Waals surface area (Å²) in [7, 11) is 0. The van der Waals surface area contributed by atoms with E-state index in [0.29, 0.717) is 12.4 Å². The summed E-state index contributed by atoms with van der Waals surface area (Å²) < 4.78 is 12.4. The van der Waals surface area contributed by atoms with Gasteiger partial charge < -0.3 is 25.2 Å². The number of carbonyl (C=O) groups excluding carboxylic acids is 2. The number of aliphatic hydroxyl groups excluding tert-OH is 1. The Balaban J connectivity index is 0.00000544. The van der Waals surface area contributed by atoms with Gasteiger partial charge in [0.25, 0.3) is 0 Å². The molecule has 0 saturated heterocycles. The zero-order chi connectivity index (χ0) is 23.8. The fourth-order valence-corrected chi connectivity index (χ4v) is 2.72. The highest BCUT2D eigenvalue weighted by molar-refractivity contribution is 5.89. The number of hydrogen-bond donors (Lipinski definition) is 3. The van der Waals surface area contributed by atoms with Crippen LogP contribution in [0, 0.1) is 0 Å². The Morgan fingerprint density at radius 3 is 2.42 bits per heavy atom. The van der Waals surface area contributed by atoms with Crippen LogP contribution in [0.5, 0.6) is 0 Å². The normalized spacial score (nSPS) is 12.4. The third-order valence-corrected chi connectivity index (χ3v) is 4.27. The van der Waals surface area contributed by atoms with E-state index < -0.39 is 29.2 Å². The number of carbonyl (C=O) groups is 2. The number of aliphatic hydroxyl groups is 1. The molecule has 0 spiro atoms. The molecule has 0 unspecified atom stereocenters. The van der Waals surface area contributed by atoms with Gasteiger partial charge in [0.05, 0.1) is 26.4 Å². The van der Waals surface area contributed by atoms with Crippen LogP contribution < -0.4 is 10.6 Å². The molecule has 0 aliphatic rings. The first-order valence-electron chi connectivity index (χ1n) is 10.3. The Hall–Kier alpha value is -3.05. The van der Waals surface area contributed by atoms with Gasteiger partial charge in [0.15, 0.2) is 5.82 Å². The van der Waals surface area contributed by atoms with Crippen LogP contribution in [0.2, 0.25) is 0 Å². The molecule has 3 N–H and O–H groups in total. The van der Waals surface area contributed by atoms with Crippen LogP contribution in [0.1, 0.15) is 59.5 Å². The number of amides is 2. The average molecular weight is 465 g/mol. The molecule has 0 saturated carbocycles. The quantitative estimate of drug-likeness (QED) is 0.485. The van der Waals surface area contributed by atoms with Gasteiger partial charge in [0, 0.05) is 0 Å². The molecule has 33 heavy (non-hydrogen) atoms. The van der Waals surface area contributed by atoms with Crippen LogP contribution in [0.3, 0.4) is 0 Å². The van der Waals surface area contributed by atoms with Crippen molar-refractivity contribution < 1.29 is 24.2 Å². The van der Waals surface area contributed by atoms with Crippen molar-refractivity contribution in [2.75, 3.05) is 13.2 Å². The highest BCUT2D eigenvalue weighted by Gasteiger charge is 2.34. The van der Waals surface area contributed by atoms with E-state index in [1.54, 1.807) is 34.6 Å². The Morgan fingerprint density at radius 2 is 1.82 bits per heavy atom. The number of nitrogens with one attached hydrogen (secondary N) is 2. The lowest BCUT2D eigenvalue weighted by Crippen LogP contribution is -2.56. The molecule has 11 heteroatoms. The summed E-state index contributed by atoms with van der Waals surface area (Å²) in [6.07, 6.45) is -0.709. The first kappa shape index (κ1) is 28.0. The summed E-state index contributed by atoms with van der Waals surface area (Å²) in [5.41, 5.74) is -1.01. The van der Waals surface area contributed by atoms with Crippen molar-refractivity contribution in [3.63, 3.8) is 0 Å². The van der Waals surface area contributed by atoms with Gasteiger partial charge in [-0.15, -0.1) is 5.10 Å². The maximum absolute atomic E-state index is 13.0. The number of rotatable bonds is 10. The predicted molar refractivity (Wildman–Crippen MR) is 122 cm³/mol. The van der Waals surface area contributed by atoms with Gasteiger partial charge in [0.1, 0.15) is 17.2 Å². The number of aromatic nitrogens is 4. The molecule has 0 bridgehead atoms. The number of ether oxygens (including phenoxy) is 2. The van der Waals surface area contributed by atoms with Crippen molar-refractivity contribution in [1.29, 1.82) is 0 Å². The Morgan fingerprint density at radius 1 is 1.15 bits per heavy atom. The molecule has 0 aliphatic heterocycles. The van der Waals surface area contributed by atoms with Crippen LogP contribution in [0.4, 0.5) is 4.79 Å². The van der Waals surface area contributed by atoms with E-state index in [9.17, 15) is 14.7 Å². The van der Waals surface area contributed by atoms with Crippen LogP contribution in [0.15, 0.2) is 30.3 Å². The van der Waals surface area contributed by atoms with Crippen LogP contribution >= 0.6 is 0 Å². The maximum atomic E-state index is 13.0. The van der Waals surface area contributed by atoms with Gasteiger partial charge >= 0.3 is 6.09 Å². The molecular formula is C22H36N6O5. The molecule has 1 aromatic heterocycles. The van der Waals surface area contributed by atoms with Crippen molar-refractivity contribution in [2.45, 2.75) is 72.4 Å². The lowest BCUT2D eigenvalue weighted by Gasteiger charge is -2.29. The lowest BCUT2D eigenvalue weighted by atomic mass is 10.0. The summed E-state index contributed by atoms with van der Waals surface area (Å²) in [5, 5.41) is 26.2. The van der Waals surface area contributed by atoms with Gasteiger partial charge in [-0.2, -0.15) is 0 Å². The molecule has 1 heterocycles. The minimum Gasteiger partial charge on any atom is -0.444 e. The molecule has 11 nitrogen and oxygen atoms in total. The second-order valence-corrected chi connectivity index (χ2v) is 8.76. The number of tetrazole rings is 1. The van der Waals surface area contributed by atoms with Gasteiger partial charge in [-0.05, 0) is 50.6 Å². The fraction of sp³-hybridized carbons (Fsp3) is 0.591. The fourth-order valence-electron chi connectivity index (χ4n) is 2.72. The van der Waals surface area contributed by atoms with Gasteiger partial charge in [0.2, 0.25) is 5.91 Å². The lowest BCUT2D eigenvalue weighted by molar-refractivity contribution is -0.127. The monoisotopic (exact) mass is 464 g/mol. The van der Waals surface area contributed by atoms with Gasteiger partial charge in [-0.25, -0.2) is 9.48 Å². The van der Waals surface area contributed by atoms with Gasteiger partial charge in [-0.3, -0.25) is 4.79 Å². The van der Waals surface area contributed by atoms with E-state index in [4.69, 9.17) is 9.47 Å². The van der Waals surface area contributed by atoms with Crippen molar-refractivity contribution in [3.05, 3.63) is 41.7 Å². The molecule has 1 atom stereocenters. The second-order valence-electron chi connectivity index (χ2n) is 8.76. The van der Waals surface area contributed by atoms with Crippen LogP contribution in [0.25, 0.3) is 0 Å². The highest BCUT2D eigenvalue weighted by Crippen LogP contribution is 2.15. The topological polar surface area (TPSA) is 140 Å². The van der Waals surface area contributed by atoms with Gasteiger partial charge in [-0.1, -0.05) is 37.8 Å². The third-order valence-electron chi connectivity index (χ3n) is 4.27. The minimum absolute atomic E-state index is 0. The van der Waals surface area contributed by atoms with E-state index in [1.807, 2.05) is 30.3 Å². The van der Waals surface area contributed by atoms with Crippen LogP contribution in [-0.4, -0.2) is 61.7 Å². The first-order chi connectivity index (χ1) is 15.0. The van der Waals surface area contributed by atoms with E-state index in [1.165, 1.54) is 4.68 Å². The van der Waals surface area contributed by atoms with E-state index >= 15 is 0 Å². The first-order valence-corrected chi connectivity index (χ1v) is 10.3. The Kier molecular flexibility index (Phi) is 10.4. The standard InChI is InChI=1S/C21H32N6O5.CH4/c1-20(2,3)32-19(30)23-21(4,5)18(29)22-16(17-24-25-26-27(17)11-12-28)14-31-13-15-9-7-6-8-10-15;/h6-10,16,28H,11-14H2,1-5H3,(H,22,29)(H,23,30);1H4/t16-;/m1./s1. The van der Waals surface area contributed by atoms with E-state index in [2.05, 4.69) is 26.2 Å². The number of hydrogen-bond acceptors (Lipinski definition) is 8. The molecule has 0 fully saturated rings.